The predicted octanol–water partition coefficient (Wildman–Crippen LogP) is 1.61. The zero-order valence-electron chi connectivity index (χ0n) is 38.1. The Morgan fingerprint density at radius 2 is 0.507 bits per heavy atom. The number of esters is 3. The largest absolute Gasteiger partial charge is 0.458 e. The van der Waals surface area contributed by atoms with E-state index in [-0.39, 0.29) is 6.42 Å². The molecule has 0 radical (unpaired) electrons. The van der Waals surface area contributed by atoms with Gasteiger partial charge in [-0.15, -0.1) is 12.8 Å². The van der Waals surface area contributed by atoms with E-state index in [1.165, 1.54) is 6.92 Å². The summed E-state index contributed by atoms with van der Waals surface area (Å²) in [5, 5.41) is 0. The van der Waals surface area contributed by atoms with Crippen LogP contribution in [0.25, 0.3) is 0 Å². The van der Waals surface area contributed by atoms with Gasteiger partial charge in [0.05, 0.1) is 12.8 Å². The molecule has 0 atom stereocenters. The number of rotatable bonds is 8. The van der Waals surface area contributed by atoms with Gasteiger partial charge in [-0.05, 0) is 108 Å². The van der Waals surface area contributed by atoms with Crippen molar-refractivity contribution in [3.63, 3.8) is 0 Å². The summed E-state index contributed by atoms with van der Waals surface area (Å²) in [6, 6.07) is 0. The van der Waals surface area contributed by atoms with Crippen LogP contribution in [0.1, 0.15) is 46.0 Å². The summed E-state index contributed by atoms with van der Waals surface area (Å²) in [6.07, 6.45) is 14.3. The summed E-state index contributed by atoms with van der Waals surface area (Å²) in [4.78, 5) is 37.5. The highest BCUT2D eigenvalue weighted by Crippen LogP contribution is 2.23. The first-order valence-electron chi connectivity index (χ1n) is 19.4. The lowest BCUT2D eigenvalue weighted by molar-refractivity contribution is -0.167. The Morgan fingerprint density at radius 1 is 0.315 bits per heavy atom. The topological polar surface area (TPSA) is 78.9 Å². The van der Waals surface area contributed by atoms with Crippen molar-refractivity contribution in [1.82, 2.24) is 0 Å². The molecule has 0 bridgehead atoms. The van der Waals surface area contributed by atoms with E-state index in [4.69, 9.17) is 27.1 Å². The Balaban J connectivity index is 5.13. The summed E-state index contributed by atoms with van der Waals surface area (Å²) in [7, 11) is 0. The lowest BCUT2D eigenvalue weighted by atomic mass is 9.97. The first kappa shape index (κ1) is 59.1. The lowest BCUT2D eigenvalue weighted by Gasteiger charge is -2.27. The Bertz CT molecular complexity index is 3880. The average Bonchev–Trinajstić information content (AvgIpc) is 3.37. The van der Waals surface area contributed by atoms with Crippen molar-refractivity contribution in [3.05, 3.63) is 0 Å². The number of carbonyl (C=O) groups is 3. The van der Waals surface area contributed by atoms with Gasteiger partial charge in [-0.3, -0.25) is 14.4 Å². The molecule has 0 aliphatic carbocycles. The van der Waals surface area contributed by atoms with Crippen molar-refractivity contribution in [1.29, 1.82) is 0 Å². The Morgan fingerprint density at radius 3 is 0.699 bits per heavy atom. The SMILES string of the molecule is C#CC#CC#CC#CC#CC#CC#CC#CC#CC#CC#CC#CC#CC#COC(=O)CC(C)(CC(=O)OC#CC#CC#CC#CC#CC#CC#CC#CC#CC#CC#CC#CC#CC#C)OC(=O)CCCC. The third kappa shape index (κ3) is 45.9. The van der Waals surface area contributed by atoms with Crippen LogP contribution in [0, 0.1) is 333 Å². The van der Waals surface area contributed by atoms with Crippen LogP contribution in [0.5, 0.6) is 0 Å². The Labute approximate surface area is 429 Å². The lowest BCUT2D eigenvalue weighted by Crippen LogP contribution is -2.37. The van der Waals surface area contributed by atoms with Crippen molar-refractivity contribution in [3.8, 4) is 333 Å². The molecule has 0 unspecified atom stereocenters. The van der Waals surface area contributed by atoms with Crippen LogP contribution in [0.15, 0.2) is 0 Å². The molecule has 322 valence electrons. The molecule has 0 spiro atoms. The second-order valence-corrected chi connectivity index (χ2v) is 11.1. The summed E-state index contributed by atoms with van der Waals surface area (Å²) in [5.41, 5.74) is -1.65. The van der Waals surface area contributed by atoms with Gasteiger partial charge in [0.25, 0.3) is 0 Å². The molecule has 0 aliphatic heterocycles. The minimum absolute atomic E-state index is 0.0616. The van der Waals surface area contributed by atoms with E-state index in [1.807, 2.05) is 6.92 Å². The van der Waals surface area contributed by atoms with Crippen molar-refractivity contribution in [2.45, 2.75) is 51.6 Å². The first-order valence-corrected chi connectivity index (χ1v) is 19.4. The third-order valence-electron chi connectivity index (χ3n) is 5.71. The van der Waals surface area contributed by atoms with Crippen LogP contribution in [-0.4, -0.2) is 23.5 Å². The van der Waals surface area contributed by atoms with Crippen LogP contribution in [0.4, 0.5) is 0 Å². The standard InChI is InChI=1S/C67H18O6/c1-5-8-11-13-15-17-19-21-23-25-27-29-31-33-35-37-39-41-43-45-47-49-51-53-55-57-60-71-65(69)62-67(4,73-64(68)59-10-7-3)63-66(70)72-61-58-56-54-52-50-48-46-44-42-40-38-36-34-32-30-28-26-24-22-20-18-16-14-12-9-6-2/h1-2H,7,10,59,62-63H2,3-4H3. The predicted molar refractivity (Wildman–Crippen MR) is 275 cm³/mol. The summed E-state index contributed by atoms with van der Waals surface area (Å²) < 4.78 is 15.2. The van der Waals surface area contributed by atoms with E-state index in [0.29, 0.717) is 12.8 Å². The minimum atomic E-state index is -1.65. The van der Waals surface area contributed by atoms with Gasteiger partial charge in [-0.2, -0.15) is 0 Å². The second kappa shape index (κ2) is 47.6. The molecule has 0 N–H and O–H groups in total. The fraction of sp³-hybridized carbons (Fsp3) is 0.119. The highest BCUT2D eigenvalue weighted by molar-refractivity contribution is 5.78. The van der Waals surface area contributed by atoms with Gasteiger partial charge >= 0.3 is 17.9 Å². The van der Waals surface area contributed by atoms with E-state index >= 15 is 0 Å². The zero-order valence-corrected chi connectivity index (χ0v) is 38.1. The number of ether oxygens (including phenoxy) is 3. The zero-order chi connectivity index (χ0) is 53.1. The van der Waals surface area contributed by atoms with Gasteiger partial charge in [0, 0.05) is 220 Å². The van der Waals surface area contributed by atoms with Gasteiger partial charge in [0.1, 0.15) is 17.8 Å². The molecule has 0 rings (SSSR count). The van der Waals surface area contributed by atoms with Crippen LogP contribution in [0.2, 0.25) is 0 Å². The van der Waals surface area contributed by atoms with Gasteiger partial charge in [-0.25, -0.2) is 0 Å². The maximum atomic E-state index is 12.5. The second-order valence-electron chi connectivity index (χ2n) is 11.1. The molecule has 6 nitrogen and oxygen atoms in total. The molecular formula is C67H18O6. The number of carbonyl (C=O) groups excluding carboxylic acids is 3. The van der Waals surface area contributed by atoms with Crippen LogP contribution < -0.4 is 0 Å². The van der Waals surface area contributed by atoms with E-state index in [0.717, 1.165) is 0 Å². The highest BCUT2D eigenvalue weighted by atomic mass is 16.6. The van der Waals surface area contributed by atoms with Crippen molar-refractivity contribution in [2.24, 2.45) is 0 Å². The average molecular weight is 919 g/mol. The van der Waals surface area contributed by atoms with Gasteiger partial charge in [0.15, 0.2) is 0 Å². The number of hydrogen-bond acceptors (Lipinski definition) is 6. The van der Waals surface area contributed by atoms with Crippen LogP contribution in [0.3, 0.4) is 0 Å². The van der Waals surface area contributed by atoms with Gasteiger partial charge < -0.3 is 14.2 Å². The molecule has 0 amide bonds. The summed E-state index contributed by atoms with van der Waals surface area (Å²) >= 11 is 0. The molecule has 0 aromatic heterocycles. The highest BCUT2D eigenvalue weighted by Gasteiger charge is 2.36. The third-order valence-corrected chi connectivity index (χ3v) is 5.71. The quantitative estimate of drug-likeness (QED) is 0.210. The molecule has 0 saturated heterocycles. The minimum Gasteiger partial charge on any atom is -0.458 e. The van der Waals surface area contributed by atoms with Crippen molar-refractivity contribution in [2.75, 3.05) is 0 Å². The van der Waals surface area contributed by atoms with Crippen LogP contribution >= 0.6 is 0 Å². The van der Waals surface area contributed by atoms with Crippen LogP contribution in [-0.2, 0) is 28.6 Å². The fourth-order valence-corrected chi connectivity index (χ4v) is 3.19. The van der Waals surface area contributed by atoms with E-state index < -0.39 is 36.4 Å². The summed E-state index contributed by atoms with van der Waals surface area (Å²) in [6.45, 7) is 3.25. The monoisotopic (exact) mass is 918 g/mol. The molecule has 0 aromatic carbocycles. The molecule has 0 saturated carbocycles. The number of hydrogen-bond donors (Lipinski definition) is 0. The Kier molecular flexibility index (Phi) is 38.5. The normalized spacial score (nSPS) is 5.70. The van der Waals surface area contributed by atoms with E-state index in [2.05, 4.69) is 320 Å². The fourth-order valence-electron chi connectivity index (χ4n) is 3.19. The maximum absolute atomic E-state index is 12.5. The molecule has 73 heavy (non-hydrogen) atoms. The van der Waals surface area contributed by atoms with Gasteiger partial charge in [0.2, 0.25) is 0 Å². The van der Waals surface area contributed by atoms with E-state index in [1.54, 1.807) is 0 Å². The molecule has 0 aliphatic rings. The molecule has 6 heteroatoms. The molecule has 0 fully saturated rings. The maximum Gasteiger partial charge on any atom is 0.323 e. The van der Waals surface area contributed by atoms with Gasteiger partial charge in [-0.1, -0.05) is 13.3 Å². The first-order chi connectivity index (χ1) is 35.9. The Hall–Kier alpha value is -13.9. The smallest absolute Gasteiger partial charge is 0.323 e. The molecule has 0 aromatic rings. The number of unbranched alkanes of at least 4 members (excludes halogenated alkanes) is 1. The van der Waals surface area contributed by atoms with E-state index in [9.17, 15) is 14.4 Å². The molecular weight excluding hydrogens is 901 g/mol. The molecule has 0 heterocycles. The van der Waals surface area contributed by atoms with Crippen molar-refractivity contribution < 1.29 is 28.6 Å². The van der Waals surface area contributed by atoms with Crippen molar-refractivity contribution >= 4 is 17.9 Å². The summed E-state index contributed by atoms with van der Waals surface area (Å²) in [5.74, 6) is 124. The number of terminal acetylenes is 2.